The summed E-state index contributed by atoms with van der Waals surface area (Å²) in [6.45, 7) is 0. The van der Waals surface area contributed by atoms with Gasteiger partial charge in [-0.05, 0) is 23.3 Å². The summed E-state index contributed by atoms with van der Waals surface area (Å²) in [4.78, 5) is 21.7. The van der Waals surface area contributed by atoms with E-state index in [9.17, 15) is 19.3 Å². The highest BCUT2D eigenvalue weighted by molar-refractivity contribution is 5.83. The summed E-state index contributed by atoms with van der Waals surface area (Å²) in [5.41, 5.74) is 3.43. The van der Waals surface area contributed by atoms with E-state index in [2.05, 4.69) is 10.5 Å². The predicted molar refractivity (Wildman–Crippen MR) is 78.9 cm³/mol. The number of hydrogen-bond acceptors (Lipinski definition) is 4. The van der Waals surface area contributed by atoms with Gasteiger partial charge in [-0.15, -0.1) is 0 Å². The fourth-order valence-corrected chi connectivity index (χ4v) is 1.73. The van der Waals surface area contributed by atoms with Crippen LogP contribution in [0.15, 0.2) is 53.6 Å². The van der Waals surface area contributed by atoms with Crippen molar-refractivity contribution >= 4 is 17.8 Å². The predicted octanol–water partition coefficient (Wildman–Crippen LogP) is 2.43. The van der Waals surface area contributed by atoms with Gasteiger partial charge in [-0.1, -0.05) is 24.3 Å². The number of non-ortho nitro benzene ring substituents is 1. The summed E-state index contributed by atoms with van der Waals surface area (Å²) < 4.78 is 12.9. The molecule has 1 amide bonds. The van der Waals surface area contributed by atoms with Crippen LogP contribution in [0.3, 0.4) is 0 Å². The van der Waals surface area contributed by atoms with Crippen LogP contribution in [-0.2, 0) is 11.2 Å². The van der Waals surface area contributed by atoms with E-state index >= 15 is 0 Å². The molecule has 0 heterocycles. The van der Waals surface area contributed by atoms with Gasteiger partial charge in [-0.25, -0.2) is 9.82 Å². The Balaban J connectivity index is 1.89. The molecule has 2 rings (SSSR count). The van der Waals surface area contributed by atoms with Crippen molar-refractivity contribution in [3.63, 3.8) is 0 Å². The SMILES string of the molecule is O=C(Cc1ccc([N+](=O)[O-])cc1)NN=Cc1cccc(F)c1. The maximum Gasteiger partial charge on any atom is 0.269 e. The standard InChI is InChI=1S/C15H12FN3O3/c16-13-3-1-2-12(8-13)10-17-18-15(20)9-11-4-6-14(7-5-11)19(21)22/h1-8,10H,9H2,(H,18,20). The zero-order valence-corrected chi connectivity index (χ0v) is 11.4. The van der Waals surface area contributed by atoms with E-state index in [4.69, 9.17) is 0 Å². The van der Waals surface area contributed by atoms with E-state index < -0.39 is 4.92 Å². The molecule has 0 bridgehead atoms. The quantitative estimate of drug-likeness (QED) is 0.523. The lowest BCUT2D eigenvalue weighted by Crippen LogP contribution is -2.19. The second-order valence-corrected chi connectivity index (χ2v) is 4.45. The second kappa shape index (κ2) is 7.07. The van der Waals surface area contributed by atoms with Crippen molar-refractivity contribution in [3.8, 4) is 0 Å². The molecule has 1 N–H and O–H groups in total. The van der Waals surface area contributed by atoms with Crippen LogP contribution < -0.4 is 5.43 Å². The topological polar surface area (TPSA) is 84.6 Å². The molecule has 0 saturated carbocycles. The van der Waals surface area contributed by atoms with E-state index in [1.54, 1.807) is 6.07 Å². The number of carbonyl (C=O) groups excluding carboxylic acids is 1. The van der Waals surface area contributed by atoms with Gasteiger partial charge in [-0.3, -0.25) is 14.9 Å². The number of amides is 1. The number of nitro groups is 1. The van der Waals surface area contributed by atoms with Gasteiger partial charge in [-0.2, -0.15) is 5.10 Å². The Labute approximate surface area is 125 Å². The van der Waals surface area contributed by atoms with Gasteiger partial charge in [0.2, 0.25) is 5.91 Å². The number of benzene rings is 2. The molecule has 0 spiro atoms. The molecule has 2 aromatic rings. The van der Waals surface area contributed by atoms with Crippen molar-refractivity contribution in [3.05, 3.63) is 75.6 Å². The number of nitrogens with one attached hydrogen (secondary N) is 1. The van der Waals surface area contributed by atoms with Crippen molar-refractivity contribution in [2.75, 3.05) is 0 Å². The Bertz CT molecular complexity index is 714. The van der Waals surface area contributed by atoms with Crippen molar-refractivity contribution in [1.29, 1.82) is 0 Å². The van der Waals surface area contributed by atoms with Gasteiger partial charge in [0, 0.05) is 12.1 Å². The van der Waals surface area contributed by atoms with E-state index in [1.165, 1.54) is 48.7 Å². The Morgan fingerprint density at radius 3 is 2.64 bits per heavy atom. The molecule has 0 atom stereocenters. The molecule has 0 aliphatic heterocycles. The van der Waals surface area contributed by atoms with Crippen LogP contribution in [-0.4, -0.2) is 17.0 Å². The first kappa shape index (κ1) is 15.3. The highest BCUT2D eigenvalue weighted by Crippen LogP contribution is 2.12. The molecule has 22 heavy (non-hydrogen) atoms. The van der Waals surface area contributed by atoms with E-state index in [0.717, 1.165) is 0 Å². The van der Waals surface area contributed by atoms with Gasteiger partial charge < -0.3 is 0 Å². The van der Waals surface area contributed by atoms with Crippen molar-refractivity contribution in [2.24, 2.45) is 5.10 Å². The van der Waals surface area contributed by atoms with Crippen molar-refractivity contribution < 1.29 is 14.1 Å². The number of nitrogens with zero attached hydrogens (tertiary/aromatic N) is 2. The molecule has 2 aromatic carbocycles. The van der Waals surface area contributed by atoms with Crippen molar-refractivity contribution in [1.82, 2.24) is 5.43 Å². The second-order valence-electron chi connectivity index (χ2n) is 4.45. The van der Waals surface area contributed by atoms with Crippen LogP contribution >= 0.6 is 0 Å². The monoisotopic (exact) mass is 301 g/mol. The molecule has 7 heteroatoms. The van der Waals surface area contributed by atoms with Gasteiger partial charge >= 0.3 is 0 Å². The molecular weight excluding hydrogens is 289 g/mol. The van der Waals surface area contributed by atoms with Crippen LogP contribution in [0.4, 0.5) is 10.1 Å². The highest BCUT2D eigenvalue weighted by atomic mass is 19.1. The fraction of sp³-hybridized carbons (Fsp3) is 0.0667. The lowest BCUT2D eigenvalue weighted by Gasteiger charge is -2.00. The summed E-state index contributed by atoms with van der Waals surface area (Å²) in [5.74, 6) is -0.761. The summed E-state index contributed by atoms with van der Waals surface area (Å²) in [7, 11) is 0. The van der Waals surface area contributed by atoms with Crippen LogP contribution in [0.5, 0.6) is 0 Å². The largest absolute Gasteiger partial charge is 0.273 e. The van der Waals surface area contributed by atoms with Crippen molar-refractivity contribution in [2.45, 2.75) is 6.42 Å². The van der Waals surface area contributed by atoms with Gasteiger partial charge in [0.1, 0.15) is 5.82 Å². The molecule has 0 aliphatic rings. The normalized spacial score (nSPS) is 10.6. The maximum absolute atomic E-state index is 12.9. The fourth-order valence-electron chi connectivity index (χ4n) is 1.73. The number of halogens is 1. The minimum atomic E-state index is -0.507. The average molecular weight is 301 g/mol. The van der Waals surface area contributed by atoms with Crippen LogP contribution in [0.2, 0.25) is 0 Å². The highest BCUT2D eigenvalue weighted by Gasteiger charge is 2.06. The number of carbonyl (C=O) groups is 1. The molecule has 0 fully saturated rings. The molecular formula is C15H12FN3O3. The number of hydrogen-bond donors (Lipinski definition) is 1. The first-order chi connectivity index (χ1) is 10.5. The summed E-state index contributed by atoms with van der Waals surface area (Å²) in [6.07, 6.45) is 1.37. The molecule has 0 radical (unpaired) electrons. The average Bonchev–Trinajstić information content (AvgIpc) is 2.48. The van der Waals surface area contributed by atoms with Gasteiger partial charge in [0.25, 0.3) is 5.69 Å². The summed E-state index contributed by atoms with van der Waals surface area (Å²) in [5, 5.41) is 14.2. The first-order valence-electron chi connectivity index (χ1n) is 6.35. The van der Waals surface area contributed by atoms with Crippen LogP contribution in [0.25, 0.3) is 0 Å². The summed E-state index contributed by atoms with van der Waals surface area (Å²) in [6, 6.07) is 11.5. The molecule has 0 unspecified atom stereocenters. The third-order valence-corrected chi connectivity index (χ3v) is 2.76. The Hall–Kier alpha value is -3.09. The number of hydrazone groups is 1. The third kappa shape index (κ3) is 4.48. The van der Waals surface area contributed by atoms with Crippen LogP contribution in [0.1, 0.15) is 11.1 Å². The molecule has 0 saturated heterocycles. The molecule has 0 aliphatic carbocycles. The Morgan fingerprint density at radius 2 is 2.00 bits per heavy atom. The van der Waals surface area contributed by atoms with E-state index in [1.807, 2.05) is 0 Å². The maximum atomic E-state index is 12.9. The number of nitro benzene ring substituents is 1. The molecule has 6 nitrogen and oxygen atoms in total. The molecule has 0 aromatic heterocycles. The lowest BCUT2D eigenvalue weighted by atomic mass is 10.1. The summed E-state index contributed by atoms with van der Waals surface area (Å²) >= 11 is 0. The van der Waals surface area contributed by atoms with E-state index in [-0.39, 0.29) is 23.8 Å². The Morgan fingerprint density at radius 1 is 1.27 bits per heavy atom. The molecule has 112 valence electrons. The zero-order valence-electron chi connectivity index (χ0n) is 11.4. The minimum absolute atomic E-state index is 0.0340. The lowest BCUT2D eigenvalue weighted by molar-refractivity contribution is -0.384. The first-order valence-corrected chi connectivity index (χ1v) is 6.35. The zero-order chi connectivity index (χ0) is 15.9. The van der Waals surface area contributed by atoms with E-state index in [0.29, 0.717) is 11.1 Å². The minimum Gasteiger partial charge on any atom is -0.273 e. The third-order valence-electron chi connectivity index (χ3n) is 2.76. The Kier molecular flexibility index (Phi) is 4.92. The van der Waals surface area contributed by atoms with Gasteiger partial charge in [0.15, 0.2) is 0 Å². The van der Waals surface area contributed by atoms with Crippen LogP contribution in [0, 0.1) is 15.9 Å². The smallest absolute Gasteiger partial charge is 0.269 e. The van der Waals surface area contributed by atoms with Gasteiger partial charge in [0.05, 0.1) is 17.6 Å². The number of rotatable bonds is 5.